The number of nitrogens with zero attached hydrogens (tertiary/aromatic N) is 4. The highest BCUT2D eigenvalue weighted by atomic mass is 35.5. The number of carbonyl (C=O) groups is 3. The molecule has 11 nitrogen and oxygen atoms in total. The molecule has 1 fully saturated rings. The Kier molecular flexibility index (Phi) is 8.24. The summed E-state index contributed by atoms with van der Waals surface area (Å²) in [6.45, 7) is -0.425. The molecule has 0 amide bonds. The zero-order chi connectivity index (χ0) is 31.4. The van der Waals surface area contributed by atoms with Crippen molar-refractivity contribution in [1.82, 2.24) is 19.5 Å². The van der Waals surface area contributed by atoms with Crippen LogP contribution in [0.1, 0.15) is 37.3 Å². The summed E-state index contributed by atoms with van der Waals surface area (Å²) in [6, 6.07) is 24.6. The molecule has 45 heavy (non-hydrogen) atoms. The fourth-order valence-electron chi connectivity index (χ4n) is 4.96. The molecule has 4 unspecified atom stereocenters. The quantitative estimate of drug-likeness (QED) is 0.104. The maximum atomic E-state index is 13.6. The minimum absolute atomic E-state index is 0.0599. The van der Waals surface area contributed by atoms with Gasteiger partial charge in [0.25, 0.3) is 5.60 Å². The first-order valence-corrected chi connectivity index (χ1v) is 14.0. The number of hydrogen-bond acceptors (Lipinski definition) is 10. The lowest BCUT2D eigenvalue weighted by atomic mass is 9.93. The third-order valence-corrected chi connectivity index (χ3v) is 7.40. The second-order valence-electron chi connectivity index (χ2n) is 9.86. The molecule has 1 aliphatic heterocycles. The number of ether oxygens (including phenoxy) is 4. The van der Waals surface area contributed by atoms with Crippen molar-refractivity contribution in [2.75, 3.05) is 6.61 Å². The predicted octanol–water partition coefficient (Wildman–Crippen LogP) is 4.69. The number of rotatable bonds is 8. The first-order valence-electron chi connectivity index (χ1n) is 13.6. The van der Waals surface area contributed by atoms with Gasteiger partial charge in [-0.25, -0.2) is 29.3 Å². The van der Waals surface area contributed by atoms with Gasteiger partial charge in [-0.2, -0.15) is 0 Å². The van der Waals surface area contributed by atoms with E-state index in [0.717, 1.165) is 0 Å². The van der Waals surface area contributed by atoms with Crippen molar-refractivity contribution >= 4 is 40.7 Å². The summed E-state index contributed by atoms with van der Waals surface area (Å²) in [7, 11) is 0. The maximum absolute atomic E-state index is 13.6. The number of benzene rings is 3. The zero-order valence-electron chi connectivity index (χ0n) is 23.4. The van der Waals surface area contributed by atoms with E-state index >= 15 is 0 Å². The number of fused-ring (bicyclic) bond motifs is 1. The molecular weight excluding hydrogens is 600 g/mol. The number of aromatic nitrogens is 4. The molecule has 1 aliphatic rings. The summed E-state index contributed by atoms with van der Waals surface area (Å²) in [5.41, 5.74) is -1.03. The van der Waals surface area contributed by atoms with Crippen LogP contribution < -0.4 is 0 Å². The van der Waals surface area contributed by atoms with Crippen LogP contribution in [-0.2, 0) is 18.9 Å². The highest BCUT2D eigenvalue weighted by Crippen LogP contribution is 2.45. The Bertz CT molecular complexity index is 1900. The molecule has 0 saturated carbocycles. The van der Waals surface area contributed by atoms with Crippen LogP contribution in [-0.4, -0.2) is 61.8 Å². The van der Waals surface area contributed by atoms with E-state index in [1.54, 1.807) is 91.0 Å². The van der Waals surface area contributed by atoms with E-state index < -0.39 is 48.6 Å². The third kappa shape index (κ3) is 5.72. The Balaban J connectivity index is 1.45. The molecule has 1 saturated heterocycles. The minimum atomic E-state index is -2.12. The second kappa shape index (κ2) is 12.6. The van der Waals surface area contributed by atoms with Gasteiger partial charge in [0.1, 0.15) is 24.6 Å². The number of hydrogen-bond donors (Lipinski definition) is 0. The second-order valence-corrected chi connectivity index (χ2v) is 10.2. The summed E-state index contributed by atoms with van der Waals surface area (Å²) in [5.74, 6) is 0.290. The van der Waals surface area contributed by atoms with E-state index in [1.165, 1.54) is 17.2 Å². The van der Waals surface area contributed by atoms with E-state index in [1.807, 2.05) is 0 Å². The molecule has 0 radical (unpaired) electrons. The Labute approximate surface area is 261 Å². The molecule has 12 heteroatoms. The maximum Gasteiger partial charge on any atom is 0.339 e. The summed E-state index contributed by atoms with van der Waals surface area (Å²) < 4.78 is 25.4. The van der Waals surface area contributed by atoms with E-state index in [2.05, 4.69) is 20.9 Å². The third-order valence-electron chi connectivity index (χ3n) is 7.13. The largest absolute Gasteiger partial charge is 0.459 e. The fourth-order valence-corrected chi connectivity index (χ4v) is 5.14. The Morgan fingerprint density at radius 3 is 2.02 bits per heavy atom. The van der Waals surface area contributed by atoms with Gasteiger partial charge >= 0.3 is 17.9 Å². The smallest absolute Gasteiger partial charge is 0.339 e. The molecule has 5 aromatic rings. The predicted molar refractivity (Wildman–Crippen MR) is 160 cm³/mol. The number of halogens is 1. The van der Waals surface area contributed by atoms with Crippen LogP contribution >= 0.6 is 11.6 Å². The van der Waals surface area contributed by atoms with Gasteiger partial charge in [0.15, 0.2) is 23.1 Å². The number of esters is 3. The summed E-state index contributed by atoms with van der Waals surface area (Å²) >= 11 is 6.26. The highest BCUT2D eigenvalue weighted by Gasteiger charge is 2.63. The zero-order valence-corrected chi connectivity index (χ0v) is 24.1. The number of carbonyl (C=O) groups excluding carboxylic acids is 3. The summed E-state index contributed by atoms with van der Waals surface area (Å²) in [5, 5.41) is 0.0599. The molecule has 2 aromatic heterocycles. The Morgan fingerprint density at radius 1 is 0.844 bits per heavy atom. The van der Waals surface area contributed by atoms with E-state index in [-0.39, 0.29) is 33.0 Å². The minimum Gasteiger partial charge on any atom is -0.459 e. The standard InChI is InChI=1S/C33H23ClN4O7/c1-2-33(45-31(41)23-16-10-5-11-17-23)26(44-30(40)22-14-8-4-9-15-22)24(18-42-29(39)21-12-6-3-7-13-21)43-32(33)38-20-37-25-27(34)35-19-36-28(25)38/h1,3-17,19-20,24,26,32H,18H2. The van der Waals surface area contributed by atoms with Crippen molar-refractivity contribution in [2.24, 2.45) is 0 Å². The molecule has 3 heterocycles. The SMILES string of the molecule is C#CC1(OC(=O)c2ccccc2)C(OC(=O)c2ccccc2)C(COC(=O)c2ccccc2)OC1n1cnc2c(Cl)ncnc21. The van der Waals surface area contributed by atoms with Crippen molar-refractivity contribution in [3.63, 3.8) is 0 Å². The van der Waals surface area contributed by atoms with Gasteiger partial charge in [-0.15, -0.1) is 6.42 Å². The normalized spacial score (nSPS) is 20.7. The van der Waals surface area contributed by atoms with Crippen molar-refractivity contribution < 1.29 is 33.3 Å². The highest BCUT2D eigenvalue weighted by molar-refractivity contribution is 6.33. The van der Waals surface area contributed by atoms with E-state index in [9.17, 15) is 14.4 Å². The van der Waals surface area contributed by atoms with Gasteiger partial charge in [-0.3, -0.25) is 4.57 Å². The Hall–Kier alpha value is -5.57. The van der Waals surface area contributed by atoms with Crippen LogP contribution in [0.25, 0.3) is 11.2 Å². The average Bonchev–Trinajstić information content (AvgIpc) is 3.64. The van der Waals surface area contributed by atoms with Gasteiger partial charge in [0.2, 0.25) is 0 Å². The molecule has 3 aromatic carbocycles. The summed E-state index contributed by atoms with van der Waals surface area (Å²) in [4.78, 5) is 52.5. The van der Waals surface area contributed by atoms with Gasteiger partial charge in [0.05, 0.1) is 23.0 Å². The lowest BCUT2D eigenvalue weighted by Crippen LogP contribution is -2.51. The first kappa shape index (κ1) is 29.5. The van der Waals surface area contributed by atoms with Crippen LogP contribution in [0.4, 0.5) is 0 Å². The van der Waals surface area contributed by atoms with Gasteiger partial charge in [0, 0.05) is 0 Å². The van der Waals surface area contributed by atoms with Crippen LogP contribution in [0.15, 0.2) is 104 Å². The van der Waals surface area contributed by atoms with Crippen molar-refractivity contribution in [3.8, 4) is 12.3 Å². The molecule has 4 atom stereocenters. The monoisotopic (exact) mass is 622 g/mol. The molecule has 6 rings (SSSR count). The van der Waals surface area contributed by atoms with Crippen LogP contribution in [0, 0.1) is 12.3 Å². The van der Waals surface area contributed by atoms with Gasteiger partial charge in [-0.1, -0.05) is 66.2 Å². The van der Waals surface area contributed by atoms with Crippen molar-refractivity contribution in [1.29, 1.82) is 0 Å². The fraction of sp³-hybridized carbons (Fsp3) is 0.152. The first-order chi connectivity index (χ1) is 21.9. The number of terminal acetylenes is 1. The van der Waals surface area contributed by atoms with Gasteiger partial charge in [-0.05, 0) is 42.3 Å². The molecule has 224 valence electrons. The summed E-state index contributed by atoms with van der Waals surface area (Å²) in [6.07, 6.45) is 4.67. The molecule has 0 N–H and O–H groups in total. The van der Waals surface area contributed by atoms with Crippen LogP contribution in [0.5, 0.6) is 0 Å². The lowest BCUT2D eigenvalue weighted by molar-refractivity contribution is -0.0865. The van der Waals surface area contributed by atoms with Crippen LogP contribution in [0.3, 0.4) is 0 Å². The topological polar surface area (TPSA) is 132 Å². The van der Waals surface area contributed by atoms with E-state index in [4.69, 9.17) is 37.0 Å². The van der Waals surface area contributed by atoms with Crippen molar-refractivity contribution in [3.05, 3.63) is 125 Å². The van der Waals surface area contributed by atoms with Crippen molar-refractivity contribution in [2.45, 2.75) is 24.0 Å². The number of imidazole rings is 1. The molecule has 0 bridgehead atoms. The van der Waals surface area contributed by atoms with E-state index in [0.29, 0.717) is 0 Å². The molecule has 0 spiro atoms. The average molecular weight is 623 g/mol. The Morgan fingerprint density at radius 2 is 1.42 bits per heavy atom. The van der Waals surface area contributed by atoms with Gasteiger partial charge < -0.3 is 18.9 Å². The molecular formula is C33H23ClN4O7. The van der Waals surface area contributed by atoms with Crippen LogP contribution in [0.2, 0.25) is 5.15 Å². The lowest BCUT2D eigenvalue weighted by Gasteiger charge is -2.33. The molecule has 0 aliphatic carbocycles.